The summed E-state index contributed by atoms with van der Waals surface area (Å²) in [6, 6.07) is 13.9. The van der Waals surface area contributed by atoms with E-state index in [2.05, 4.69) is 65.4 Å². The van der Waals surface area contributed by atoms with Crippen molar-refractivity contribution in [2.75, 3.05) is 13.1 Å². The summed E-state index contributed by atoms with van der Waals surface area (Å²) in [6.07, 6.45) is 3.85. The molecule has 1 N–H and O–H groups in total. The van der Waals surface area contributed by atoms with E-state index >= 15 is 0 Å². The van der Waals surface area contributed by atoms with E-state index in [4.69, 9.17) is 0 Å². The van der Waals surface area contributed by atoms with E-state index in [0.29, 0.717) is 12.1 Å². The number of hydrogen-bond acceptors (Lipinski definition) is 3. The van der Waals surface area contributed by atoms with E-state index in [9.17, 15) is 0 Å². The first-order valence-corrected chi connectivity index (χ1v) is 7.66. The maximum absolute atomic E-state index is 4.20. The molecule has 3 nitrogen and oxygen atoms in total. The van der Waals surface area contributed by atoms with Gasteiger partial charge >= 0.3 is 0 Å². The van der Waals surface area contributed by atoms with Crippen LogP contribution < -0.4 is 5.32 Å². The molecule has 0 spiro atoms. The average molecular weight is 281 g/mol. The number of aryl methyl sites for hydroxylation is 1. The molecule has 1 aromatic heterocycles. The lowest BCUT2D eigenvalue weighted by molar-refractivity contribution is 0.127. The molecular weight excluding hydrogens is 258 g/mol. The summed E-state index contributed by atoms with van der Waals surface area (Å²) in [6.45, 7) is 7.47. The maximum Gasteiger partial charge on any atom is 0.0476 e. The molecule has 1 aliphatic heterocycles. The highest BCUT2D eigenvalue weighted by molar-refractivity contribution is 5.24. The van der Waals surface area contributed by atoms with Crippen molar-refractivity contribution in [3.8, 4) is 0 Å². The largest absolute Gasteiger partial charge is 0.311 e. The van der Waals surface area contributed by atoms with Gasteiger partial charge in [-0.2, -0.15) is 0 Å². The zero-order valence-corrected chi connectivity index (χ0v) is 12.8. The monoisotopic (exact) mass is 281 g/mol. The van der Waals surface area contributed by atoms with Gasteiger partial charge in [0.05, 0.1) is 0 Å². The highest BCUT2D eigenvalue weighted by Gasteiger charge is 2.27. The molecule has 1 saturated heterocycles. The van der Waals surface area contributed by atoms with Crippen LogP contribution in [-0.2, 0) is 6.54 Å². The lowest BCUT2D eigenvalue weighted by Gasteiger charge is -2.40. The Labute approximate surface area is 127 Å². The number of pyridine rings is 1. The lowest BCUT2D eigenvalue weighted by atomic mass is 10.00. The van der Waals surface area contributed by atoms with Crippen molar-refractivity contribution in [3.05, 3.63) is 65.5 Å². The third-order valence-electron chi connectivity index (χ3n) is 4.30. The van der Waals surface area contributed by atoms with Crippen molar-refractivity contribution in [1.29, 1.82) is 0 Å². The molecule has 2 heterocycles. The van der Waals surface area contributed by atoms with Crippen LogP contribution in [0.2, 0.25) is 0 Å². The van der Waals surface area contributed by atoms with Crippen molar-refractivity contribution >= 4 is 0 Å². The molecule has 3 heteroatoms. The summed E-state index contributed by atoms with van der Waals surface area (Å²) in [5, 5.41) is 3.61. The van der Waals surface area contributed by atoms with Crippen LogP contribution in [0.5, 0.6) is 0 Å². The first-order valence-electron chi connectivity index (χ1n) is 7.66. The summed E-state index contributed by atoms with van der Waals surface area (Å²) < 4.78 is 0. The van der Waals surface area contributed by atoms with Gasteiger partial charge in [0.1, 0.15) is 0 Å². The molecule has 110 valence electrons. The predicted molar refractivity (Wildman–Crippen MR) is 86.0 cm³/mol. The molecule has 1 aromatic carbocycles. The SMILES string of the molecule is Cc1cnccc1CN1CC(C)NCC1c1ccccc1. The Morgan fingerprint density at radius 3 is 2.81 bits per heavy atom. The fourth-order valence-corrected chi connectivity index (χ4v) is 3.06. The Morgan fingerprint density at radius 1 is 1.24 bits per heavy atom. The first-order chi connectivity index (χ1) is 10.2. The molecule has 0 amide bonds. The Bertz CT molecular complexity index is 582. The van der Waals surface area contributed by atoms with Crippen LogP contribution in [0.4, 0.5) is 0 Å². The van der Waals surface area contributed by atoms with Crippen molar-refractivity contribution < 1.29 is 0 Å². The normalized spacial score (nSPS) is 23.1. The minimum atomic E-state index is 0.440. The Balaban J connectivity index is 1.84. The van der Waals surface area contributed by atoms with Crippen LogP contribution in [-0.4, -0.2) is 29.0 Å². The summed E-state index contributed by atoms with van der Waals surface area (Å²) >= 11 is 0. The van der Waals surface area contributed by atoms with Gasteiger partial charge in [-0.1, -0.05) is 30.3 Å². The van der Waals surface area contributed by atoms with Crippen molar-refractivity contribution in [1.82, 2.24) is 15.2 Å². The van der Waals surface area contributed by atoms with Crippen LogP contribution >= 0.6 is 0 Å². The Hall–Kier alpha value is -1.71. The molecule has 0 bridgehead atoms. The molecule has 2 atom stereocenters. The molecule has 2 unspecified atom stereocenters. The number of piperazine rings is 1. The number of aromatic nitrogens is 1. The third kappa shape index (κ3) is 3.31. The molecule has 1 fully saturated rings. The fraction of sp³-hybridized carbons (Fsp3) is 0.389. The molecule has 0 aliphatic carbocycles. The molecule has 21 heavy (non-hydrogen) atoms. The Morgan fingerprint density at radius 2 is 2.05 bits per heavy atom. The van der Waals surface area contributed by atoms with Gasteiger partial charge in [-0.3, -0.25) is 9.88 Å². The standard InChI is InChI=1S/C18H23N3/c1-14-10-19-9-8-17(14)13-21-12-15(2)20-11-18(21)16-6-4-3-5-7-16/h3-10,15,18,20H,11-13H2,1-2H3. The van der Waals surface area contributed by atoms with Gasteiger partial charge in [-0.05, 0) is 36.6 Å². The summed E-state index contributed by atoms with van der Waals surface area (Å²) in [7, 11) is 0. The highest BCUT2D eigenvalue weighted by atomic mass is 15.2. The van der Waals surface area contributed by atoms with Gasteiger partial charge < -0.3 is 5.32 Å². The molecule has 0 radical (unpaired) electrons. The van der Waals surface area contributed by atoms with Crippen molar-refractivity contribution in [2.45, 2.75) is 32.5 Å². The smallest absolute Gasteiger partial charge is 0.0476 e. The second-order valence-corrected chi connectivity index (χ2v) is 5.97. The van der Waals surface area contributed by atoms with Crippen molar-refractivity contribution in [2.24, 2.45) is 0 Å². The van der Waals surface area contributed by atoms with E-state index in [0.717, 1.165) is 19.6 Å². The minimum absolute atomic E-state index is 0.440. The van der Waals surface area contributed by atoms with Gasteiger partial charge in [0.25, 0.3) is 0 Å². The zero-order valence-electron chi connectivity index (χ0n) is 12.8. The maximum atomic E-state index is 4.20. The topological polar surface area (TPSA) is 28.2 Å². The van der Waals surface area contributed by atoms with Crippen LogP contribution in [0.25, 0.3) is 0 Å². The number of benzene rings is 1. The lowest BCUT2D eigenvalue weighted by Crippen LogP contribution is -2.50. The van der Waals surface area contributed by atoms with E-state index in [1.54, 1.807) is 0 Å². The molecule has 0 saturated carbocycles. The zero-order chi connectivity index (χ0) is 14.7. The first kappa shape index (κ1) is 14.2. The average Bonchev–Trinajstić information content (AvgIpc) is 2.51. The molecule has 1 aliphatic rings. The molecule has 3 rings (SSSR count). The second kappa shape index (κ2) is 6.37. The van der Waals surface area contributed by atoms with E-state index in [1.807, 2.05) is 12.4 Å². The predicted octanol–water partition coefficient (Wildman–Crippen LogP) is 2.93. The van der Waals surface area contributed by atoms with Crippen LogP contribution in [0.3, 0.4) is 0 Å². The van der Waals surface area contributed by atoms with E-state index in [1.165, 1.54) is 16.7 Å². The Kier molecular flexibility index (Phi) is 4.32. The number of nitrogens with zero attached hydrogens (tertiary/aromatic N) is 2. The second-order valence-electron chi connectivity index (χ2n) is 5.97. The van der Waals surface area contributed by atoms with Gasteiger partial charge in [-0.15, -0.1) is 0 Å². The summed E-state index contributed by atoms with van der Waals surface area (Å²) in [4.78, 5) is 6.78. The van der Waals surface area contributed by atoms with Gasteiger partial charge in [0.2, 0.25) is 0 Å². The summed E-state index contributed by atoms with van der Waals surface area (Å²) in [5.74, 6) is 0. The van der Waals surface area contributed by atoms with E-state index in [-0.39, 0.29) is 0 Å². The molecular formula is C18H23N3. The van der Waals surface area contributed by atoms with Gasteiger partial charge in [0, 0.05) is 44.1 Å². The van der Waals surface area contributed by atoms with Crippen LogP contribution in [0, 0.1) is 6.92 Å². The number of rotatable bonds is 3. The number of nitrogens with one attached hydrogen (secondary N) is 1. The quantitative estimate of drug-likeness (QED) is 0.937. The van der Waals surface area contributed by atoms with Crippen LogP contribution in [0.15, 0.2) is 48.8 Å². The fourth-order valence-electron chi connectivity index (χ4n) is 3.06. The van der Waals surface area contributed by atoms with E-state index < -0.39 is 0 Å². The number of hydrogen-bond donors (Lipinski definition) is 1. The minimum Gasteiger partial charge on any atom is -0.311 e. The van der Waals surface area contributed by atoms with Gasteiger partial charge in [0.15, 0.2) is 0 Å². The molecule has 2 aromatic rings. The third-order valence-corrected chi connectivity index (χ3v) is 4.30. The highest BCUT2D eigenvalue weighted by Crippen LogP contribution is 2.26. The summed E-state index contributed by atoms with van der Waals surface area (Å²) in [5.41, 5.74) is 4.04. The van der Waals surface area contributed by atoms with Crippen LogP contribution in [0.1, 0.15) is 29.7 Å². The van der Waals surface area contributed by atoms with Crippen molar-refractivity contribution in [3.63, 3.8) is 0 Å². The van der Waals surface area contributed by atoms with Gasteiger partial charge in [-0.25, -0.2) is 0 Å².